The fourth-order valence-corrected chi connectivity index (χ4v) is 3.06. The number of fused-ring (bicyclic) bond motifs is 1. The fourth-order valence-electron chi connectivity index (χ4n) is 3.06. The average molecular weight is 430 g/mol. The summed E-state index contributed by atoms with van der Waals surface area (Å²) in [4.78, 5) is 0. The van der Waals surface area contributed by atoms with Crippen molar-refractivity contribution in [1.29, 1.82) is 0 Å². The molecule has 0 aliphatic rings. The lowest BCUT2D eigenvalue weighted by Gasteiger charge is -2.01. The lowest BCUT2D eigenvalue weighted by molar-refractivity contribution is 0.415. The van der Waals surface area contributed by atoms with E-state index >= 15 is 0 Å². The molecule has 0 aliphatic heterocycles. The summed E-state index contributed by atoms with van der Waals surface area (Å²) in [5.74, 6) is 7.79. The van der Waals surface area contributed by atoms with Crippen molar-refractivity contribution in [3.63, 3.8) is 0 Å². The molecule has 0 unspecified atom stereocenters. The molecule has 5 heteroatoms. The summed E-state index contributed by atoms with van der Waals surface area (Å²) in [6.07, 6.45) is 0. The molecule has 0 bridgehead atoms. The van der Waals surface area contributed by atoms with Crippen LogP contribution in [0.5, 0.6) is 5.75 Å². The first-order valence-corrected chi connectivity index (χ1v) is 9.49. The number of ether oxygens (including phenoxy) is 1. The van der Waals surface area contributed by atoms with Crippen molar-refractivity contribution in [2.75, 3.05) is 7.11 Å². The molecule has 0 spiro atoms. The number of halogens is 4. The Kier molecular flexibility index (Phi) is 5.83. The van der Waals surface area contributed by atoms with E-state index in [9.17, 15) is 17.6 Å². The molecular formula is C27H14F4O. The normalized spacial score (nSPS) is 10.2. The Morgan fingerprint density at radius 3 is 1.91 bits per heavy atom. The van der Waals surface area contributed by atoms with Gasteiger partial charge in [0.1, 0.15) is 17.4 Å². The Morgan fingerprint density at radius 1 is 0.594 bits per heavy atom. The lowest BCUT2D eigenvalue weighted by atomic mass is 10.1. The second kappa shape index (κ2) is 8.88. The van der Waals surface area contributed by atoms with Crippen molar-refractivity contribution < 1.29 is 22.3 Å². The van der Waals surface area contributed by atoms with E-state index < -0.39 is 28.8 Å². The zero-order valence-electron chi connectivity index (χ0n) is 16.8. The van der Waals surface area contributed by atoms with Crippen LogP contribution in [0.3, 0.4) is 0 Å². The number of hydrogen-bond acceptors (Lipinski definition) is 1. The summed E-state index contributed by atoms with van der Waals surface area (Å²) in [6.45, 7) is 0. The highest BCUT2D eigenvalue weighted by molar-refractivity contribution is 5.84. The maximum absolute atomic E-state index is 14.5. The highest BCUT2D eigenvalue weighted by Crippen LogP contribution is 2.22. The first-order chi connectivity index (χ1) is 15.4. The van der Waals surface area contributed by atoms with E-state index in [0.717, 1.165) is 18.2 Å². The molecular weight excluding hydrogens is 416 g/mol. The first kappa shape index (κ1) is 21.0. The molecule has 4 rings (SSSR count). The predicted octanol–water partition coefficient (Wildman–Crippen LogP) is 6.20. The van der Waals surface area contributed by atoms with Crippen molar-refractivity contribution in [1.82, 2.24) is 0 Å². The van der Waals surface area contributed by atoms with Crippen LogP contribution in [0.1, 0.15) is 22.3 Å². The molecule has 0 amide bonds. The third-order valence-electron chi connectivity index (χ3n) is 4.72. The molecule has 0 aliphatic carbocycles. The van der Waals surface area contributed by atoms with E-state index in [2.05, 4.69) is 23.7 Å². The second-order valence-corrected chi connectivity index (χ2v) is 6.84. The maximum atomic E-state index is 14.5. The van der Waals surface area contributed by atoms with Gasteiger partial charge in [-0.1, -0.05) is 35.8 Å². The molecule has 0 fully saturated rings. The van der Waals surface area contributed by atoms with E-state index in [1.165, 1.54) is 24.3 Å². The predicted molar refractivity (Wildman–Crippen MR) is 115 cm³/mol. The van der Waals surface area contributed by atoms with Crippen LogP contribution < -0.4 is 4.74 Å². The van der Waals surface area contributed by atoms with E-state index in [0.29, 0.717) is 22.3 Å². The van der Waals surface area contributed by atoms with Crippen LogP contribution in [0.4, 0.5) is 17.6 Å². The van der Waals surface area contributed by atoms with E-state index in [1.54, 1.807) is 31.4 Å². The molecule has 0 saturated heterocycles. The monoisotopic (exact) mass is 430 g/mol. The molecule has 32 heavy (non-hydrogen) atoms. The average Bonchev–Trinajstić information content (AvgIpc) is 2.80. The smallest absolute Gasteiger partial charge is 0.166 e. The van der Waals surface area contributed by atoms with E-state index in [1.807, 2.05) is 0 Å². The molecule has 4 aromatic rings. The molecule has 4 aromatic carbocycles. The van der Waals surface area contributed by atoms with Crippen LogP contribution >= 0.6 is 0 Å². The van der Waals surface area contributed by atoms with Crippen LogP contribution in [-0.2, 0) is 0 Å². The van der Waals surface area contributed by atoms with Gasteiger partial charge >= 0.3 is 0 Å². The van der Waals surface area contributed by atoms with E-state index in [-0.39, 0.29) is 10.9 Å². The van der Waals surface area contributed by atoms with Crippen LogP contribution in [0, 0.1) is 47.0 Å². The summed E-state index contributed by atoms with van der Waals surface area (Å²) in [5, 5.41) is 0.536. The molecule has 0 atom stereocenters. The van der Waals surface area contributed by atoms with Gasteiger partial charge in [0.2, 0.25) is 0 Å². The summed E-state index contributed by atoms with van der Waals surface area (Å²) >= 11 is 0. The third-order valence-corrected chi connectivity index (χ3v) is 4.72. The van der Waals surface area contributed by atoms with Gasteiger partial charge in [-0.25, -0.2) is 17.6 Å². The van der Waals surface area contributed by atoms with Crippen molar-refractivity contribution in [2.45, 2.75) is 0 Å². The number of benzene rings is 4. The van der Waals surface area contributed by atoms with Gasteiger partial charge in [0.25, 0.3) is 0 Å². The Balaban J connectivity index is 1.61. The standard InChI is InChI=1S/C27H14F4O/c1-32-21-9-4-17(5-10-21)2-3-19-15-25(29)23(26(30)16-19)12-7-18-6-11-22-20(14-18)8-13-24(28)27(22)31/h4-6,8-11,13-16H,1H3. The Hall–Kier alpha value is -4.22. The van der Waals surface area contributed by atoms with Gasteiger partial charge in [0.05, 0.1) is 12.7 Å². The zero-order valence-corrected chi connectivity index (χ0v) is 16.8. The minimum absolute atomic E-state index is 0.104. The summed E-state index contributed by atoms with van der Waals surface area (Å²) < 4.78 is 61.1. The third kappa shape index (κ3) is 4.43. The molecule has 156 valence electrons. The van der Waals surface area contributed by atoms with Crippen LogP contribution in [0.25, 0.3) is 10.8 Å². The SMILES string of the molecule is COc1ccc(C#Cc2cc(F)c(C#Cc3ccc4c(F)c(F)ccc4c3)c(F)c2)cc1. The highest BCUT2D eigenvalue weighted by Gasteiger charge is 2.09. The quantitative estimate of drug-likeness (QED) is 0.258. The van der Waals surface area contributed by atoms with Crippen LogP contribution in [-0.4, -0.2) is 7.11 Å². The Bertz CT molecular complexity index is 1430. The van der Waals surface area contributed by atoms with E-state index in [4.69, 9.17) is 4.74 Å². The van der Waals surface area contributed by atoms with Crippen molar-refractivity contribution in [3.05, 3.63) is 112 Å². The first-order valence-electron chi connectivity index (χ1n) is 9.49. The van der Waals surface area contributed by atoms with Gasteiger partial charge in [-0.05, 0) is 60.0 Å². The summed E-state index contributed by atoms with van der Waals surface area (Å²) in [6, 6.07) is 16.0. The highest BCUT2D eigenvalue weighted by atomic mass is 19.2. The molecule has 0 heterocycles. The summed E-state index contributed by atoms with van der Waals surface area (Å²) in [7, 11) is 1.55. The van der Waals surface area contributed by atoms with Gasteiger partial charge in [-0.2, -0.15) is 0 Å². The van der Waals surface area contributed by atoms with Gasteiger partial charge < -0.3 is 4.74 Å². The molecule has 1 nitrogen and oxygen atoms in total. The van der Waals surface area contributed by atoms with Gasteiger partial charge in [-0.3, -0.25) is 0 Å². The molecule has 0 N–H and O–H groups in total. The number of hydrogen-bond donors (Lipinski definition) is 0. The summed E-state index contributed by atoms with van der Waals surface area (Å²) in [5.41, 5.74) is 0.851. The van der Waals surface area contributed by atoms with Crippen LogP contribution in [0.15, 0.2) is 66.7 Å². The Morgan fingerprint density at radius 2 is 1.22 bits per heavy atom. The minimum atomic E-state index is -0.953. The largest absolute Gasteiger partial charge is 0.497 e. The zero-order chi connectivity index (χ0) is 22.7. The minimum Gasteiger partial charge on any atom is -0.497 e. The molecule has 0 radical (unpaired) electrons. The van der Waals surface area contributed by atoms with Crippen molar-refractivity contribution in [2.24, 2.45) is 0 Å². The molecule has 0 saturated carbocycles. The second-order valence-electron chi connectivity index (χ2n) is 6.84. The fraction of sp³-hybridized carbons (Fsp3) is 0.0370. The topological polar surface area (TPSA) is 9.23 Å². The molecule has 0 aromatic heterocycles. The van der Waals surface area contributed by atoms with Gasteiger partial charge in [-0.15, -0.1) is 0 Å². The van der Waals surface area contributed by atoms with Crippen molar-refractivity contribution >= 4 is 10.8 Å². The van der Waals surface area contributed by atoms with Gasteiger partial charge in [0, 0.05) is 22.1 Å². The number of methoxy groups -OCH3 is 1. The number of rotatable bonds is 1. The maximum Gasteiger partial charge on any atom is 0.166 e. The Labute approximate surface area is 182 Å². The van der Waals surface area contributed by atoms with Crippen molar-refractivity contribution in [3.8, 4) is 29.4 Å². The lowest BCUT2D eigenvalue weighted by Crippen LogP contribution is -1.93. The van der Waals surface area contributed by atoms with Gasteiger partial charge in [0.15, 0.2) is 11.6 Å². The van der Waals surface area contributed by atoms with Crippen LogP contribution in [0.2, 0.25) is 0 Å².